The predicted molar refractivity (Wildman–Crippen MR) is 121 cm³/mol. The summed E-state index contributed by atoms with van der Waals surface area (Å²) in [6.07, 6.45) is 0.295. The van der Waals surface area contributed by atoms with E-state index in [9.17, 15) is 19.7 Å². The first-order valence-electron chi connectivity index (χ1n) is 9.56. The molecule has 0 saturated carbocycles. The fraction of sp³-hybridized carbons (Fsp3) is 0.238. The van der Waals surface area contributed by atoms with Crippen LogP contribution in [0.2, 0.25) is 0 Å². The zero-order valence-corrected chi connectivity index (χ0v) is 19.0. The summed E-state index contributed by atoms with van der Waals surface area (Å²) in [5.74, 6) is -0.352. The highest BCUT2D eigenvalue weighted by molar-refractivity contribution is 9.10. The minimum Gasteiger partial charge on any atom is -0.472 e. The van der Waals surface area contributed by atoms with Gasteiger partial charge in [-0.05, 0) is 51.1 Å². The molecule has 10 nitrogen and oxygen atoms in total. The molecule has 0 spiro atoms. The van der Waals surface area contributed by atoms with Gasteiger partial charge in [0.25, 0.3) is 5.56 Å². The number of aryl methyl sites for hydroxylation is 1. The average molecular weight is 503 g/mol. The number of fused-ring (bicyclic) bond motifs is 1. The number of hydrogen-bond donors (Lipinski definition) is 0. The Kier molecular flexibility index (Phi) is 6.98. The quantitative estimate of drug-likeness (QED) is 0.209. The van der Waals surface area contributed by atoms with E-state index < -0.39 is 17.0 Å². The summed E-state index contributed by atoms with van der Waals surface area (Å²) in [6.45, 7) is 4.90. The van der Waals surface area contributed by atoms with Crippen molar-refractivity contribution < 1.29 is 19.2 Å². The second-order valence-electron chi connectivity index (χ2n) is 6.68. The molecule has 1 aromatic heterocycles. The van der Waals surface area contributed by atoms with Crippen LogP contribution in [0.4, 0.5) is 5.69 Å². The summed E-state index contributed by atoms with van der Waals surface area (Å²) in [6, 6.07) is 9.28. The number of nitrogens with zero attached hydrogens (tertiary/aromatic N) is 4. The number of nitro benzene ring substituents is 1. The molecule has 0 amide bonds. The van der Waals surface area contributed by atoms with Gasteiger partial charge in [-0.15, -0.1) is 0 Å². The highest BCUT2D eigenvalue weighted by Gasteiger charge is 2.22. The summed E-state index contributed by atoms with van der Waals surface area (Å²) < 4.78 is 12.1. The highest BCUT2D eigenvalue weighted by Crippen LogP contribution is 2.28. The molecule has 3 aromatic rings. The van der Waals surface area contributed by atoms with Crippen LogP contribution < -0.4 is 10.3 Å². The zero-order valence-electron chi connectivity index (χ0n) is 17.4. The van der Waals surface area contributed by atoms with Crippen molar-refractivity contribution in [1.82, 2.24) is 9.66 Å². The second kappa shape index (κ2) is 9.69. The fourth-order valence-corrected chi connectivity index (χ4v) is 3.24. The van der Waals surface area contributed by atoms with Crippen molar-refractivity contribution in [2.24, 2.45) is 5.10 Å². The predicted octanol–water partition coefficient (Wildman–Crippen LogP) is 3.59. The van der Waals surface area contributed by atoms with Crippen LogP contribution in [0.15, 0.2) is 50.8 Å². The third-order valence-electron chi connectivity index (χ3n) is 4.39. The van der Waals surface area contributed by atoms with Crippen molar-refractivity contribution in [2.75, 3.05) is 6.61 Å². The summed E-state index contributed by atoms with van der Waals surface area (Å²) in [4.78, 5) is 39.8. The van der Waals surface area contributed by atoms with Crippen molar-refractivity contribution in [3.05, 3.63) is 72.7 Å². The Labute approximate surface area is 190 Å². The Hall–Kier alpha value is -3.60. The molecule has 0 aliphatic carbocycles. The summed E-state index contributed by atoms with van der Waals surface area (Å²) in [7, 11) is 0. The topological polar surface area (TPSA) is 126 Å². The molecule has 1 atom stereocenters. The van der Waals surface area contributed by atoms with E-state index in [0.717, 1.165) is 9.15 Å². The number of rotatable bonds is 7. The van der Waals surface area contributed by atoms with Crippen molar-refractivity contribution >= 4 is 44.7 Å². The van der Waals surface area contributed by atoms with Gasteiger partial charge in [0.1, 0.15) is 5.82 Å². The van der Waals surface area contributed by atoms with Gasteiger partial charge in [0.15, 0.2) is 11.9 Å². The van der Waals surface area contributed by atoms with E-state index in [2.05, 4.69) is 26.0 Å². The molecule has 0 unspecified atom stereocenters. The van der Waals surface area contributed by atoms with Crippen LogP contribution in [-0.2, 0) is 9.53 Å². The maximum Gasteiger partial charge on any atom is 0.347 e. The van der Waals surface area contributed by atoms with Gasteiger partial charge in [0.2, 0.25) is 0 Å². The summed E-state index contributed by atoms with van der Waals surface area (Å²) in [5.41, 5.74) is 0.168. The van der Waals surface area contributed by atoms with Gasteiger partial charge in [-0.25, -0.2) is 9.78 Å². The Morgan fingerprint density at radius 2 is 2.09 bits per heavy atom. The number of carbonyl (C=O) groups excluding carboxylic acids is 1. The molecule has 0 radical (unpaired) electrons. The van der Waals surface area contributed by atoms with Gasteiger partial charge in [0.05, 0.1) is 28.6 Å². The third kappa shape index (κ3) is 4.99. The lowest BCUT2D eigenvalue weighted by Crippen LogP contribution is -2.26. The number of halogens is 1. The van der Waals surface area contributed by atoms with Crippen LogP contribution in [0, 0.1) is 17.0 Å². The average Bonchev–Trinajstić information content (AvgIpc) is 2.75. The first-order valence-corrected chi connectivity index (χ1v) is 10.4. The molecule has 0 aliphatic rings. The number of ether oxygens (including phenoxy) is 2. The van der Waals surface area contributed by atoms with Crippen molar-refractivity contribution in [3.8, 4) is 5.75 Å². The van der Waals surface area contributed by atoms with E-state index in [1.165, 1.54) is 31.3 Å². The molecule has 3 rings (SSSR count). The van der Waals surface area contributed by atoms with E-state index in [0.29, 0.717) is 22.3 Å². The SMILES string of the molecule is CCOC(=O)[C@H](C)Oc1ccc(C=Nn2c(C)nc3ccc(Br)cc3c2=O)cc1[N+](=O)[O-]. The monoisotopic (exact) mass is 502 g/mol. The fourth-order valence-electron chi connectivity index (χ4n) is 2.88. The maximum atomic E-state index is 12.8. The molecular weight excluding hydrogens is 484 g/mol. The molecule has 0 aliphatic heterocycles. The lowest BCUT2D eigenvalue weighted by Gasteiger charge is -2.13. The second-order valence-corrected chi connectivity index (χ2v) is 7.59. The molecule has 0 saturated heterocycles. The van der Waals surface area contributed by atoms with Crippen molar-refractivity contribution in [3.63, 3.8) is 0 Å². The molecule has 11 heteroatoms. The van der Waals surface area contributed by atoms with E-state index in [1.807, 2.05) is 0 Å². The summed E-state index contributed by atoms with van der Waals surface area (Å²) in [5, 5.41) is 16.0. The summed E-state index contributed by atoms with van der Waals surface area (Å²) >= 11 is 3.33. The normalized spacial score (nSPS) is 12.1. The third-order valence-corrected chi connectivity index (χ3v) is 4.89. The number of hydrogen-bond acceptors (Lipinski definition) is 8. The van der Waals surface area contributed by atoms with Crippen LogP contribution in [0.25, 0.3) is 10.9 Å². The van der Waals surface area contributed by atoms with Crippen molar-refractivity contribution in [1.29, 1.82) is 0 Å². The smallest absolute Gasteiger partial charge is 0.347 e. The lowest BCUT2D eigenvalue weighted by molar-refractivity contribution is -0.386. The van der Waals surface area contributed by atoms with Gasteiger partial charge in [0, 0.05) is 16.1 Å². The molecule has 1 heterocycles. The number of benzene rings is 2. The Morgan fingerprint density at radius 1 is 1.34 bits per heavy atom. The molecule has 32 heavy (non-hydrogen) atoms. The van der Waals surface area contributed by atoms with E-state index in [-0.39, 0.29) is 23.6 Å². The van der Waals surface area contributed by atoms with Gasteiger partial charge in [-0.1, -0.05) is 15.9 Å². The van der Waals surface area contributed by atoms with Crippen LogP contribution in [0.5, 0.6) is 5.75 Å². The van der Waals surface area contributed by atoms with E-state index in [1.54, 1.807) is 32.0 Å². The number of nitro groups is 1. The molecule has 2 aromatic carbocycles. The largest absolute Gasteiger partial charge is 0.472 e. The van der Waals surface area contributed by atoms with Crippen LogP contribution in [0.3, 0.4) is 0 Å². The van der Waals surface area contributed by atoms with Gasteiger partial charge in [-0.2, -0.15) is 9.78 Å². The van der Waals surface area contributed by atoms with Gasteiger partial charge < -0.3 is 9.47 Å². The number of esters is 1. The highest BCUT2D eigenvalue weighted by atomic mass is 79.9. The maximum absolute atomic E-state index is 12.8. The van der Waals surface area contributed by atoms with E-state index in [4.69, 9.17) is 9.47 Å². The molecule has 0 bridgehead atoms. The Morgan fingerprint density at radius 3 is 2.78 bits per heavy atom. The Bertz CT molecular complexity index is 1290. The van der Waals surface area contributed by atoms with Crippen LogP contribution in [0.1, 0.15) is 25.2 Å². The molecular formula is C21H19BrN4O6. The van der Waals surface area contributed by atoms with Crippen LogP contribution in [-0.4, -0.2) is 39.5 Å². The minimum atomic E-state index is -1.02. The minimum absolute atomic E-state index is 0.0849. The first kappa shape index (κ1) is 23.1. The first-order chi connectivity index (χ1) is 15.2. The standard InChI is InChI=1S/C21H19BrN4O6/c1-4-31-21(28)12(2)32-19-8-5-14(9-18(19)26(29)30)11-23-25-13(3)24-17-7-6-15(22)10-16(17)20(25)27/h5-12H,4H2,1-3H3/t12-/m0/s1. The Balaban J connectivity index is 1.94. The number of carbonyl (C=O) groups is 1. The van der Waals surface area contributed by atoms with Crippen molar-refractivity contribution in [2.45, 2.75) is 26.9 Å². The van der Waals surface area contributed by atoms with Gasteiger partial charge >= 0.3 is 11.7 Å². The number of aromatic nitrogens is 2. The molecule has 166 valence electrons. The zero-order chi connectivity index (χ0) is 23.4. The molecule has 0 N–H and O–H groups in total. The van der Waals surface area contributed by atoms with Gasteiger partial charge in [-0.3, -0.25) is 14.9 Å². The lowest BCUT2D eigenvalue weighted by atomic mass is 10.2. The van der Waals surface area contributed by atoms with E-state index >= 15 is 0 Å². The molecule has 0 fully saturated rings. The van der Waals surface area contributed by atoms with Crippen LogP contribution >= 0.6 is 15.9 Å².